The fourth-order valence-corrected chi connectivity index (χ4v) is 9.31. The van der Waals surface area contributed by atoms with Gasteiger partial charge in [0, 0.05) is 5.41 Å². The predicted molar refractivity (Wildman–Crippen MR) is 128 cm³/mol. The Bertz CT molecular complexity index is 672. The molecule has 1 nitrogen and oxygen atoms in total. The molecule has 4 aliphatic carbocycles. The average Bonchev–Trinajstić information content (AvgIpc) is 3.02. The normalized spacial score (nSPS) is 43.9. The molecule has 2 saturated carbocycles. The Kier molecular flexibility index (Phi) is 6.05. The van der Waals surface area contributed by atoms with E-state index in [-0.39, 0.29) is 11.5 Å². The second-order valence-corrected chi connectivity index (χ2v) is 13.5. The predicted octanol–water partition coefficient (Wildman–Crippen LogP) is 8.17. The van der Waals surface area contributed by atoms with Crippen molar-refractivity contribution in [1.82, 2.24) is 0 Å². The third-order valence-corrected chi connectivity index (χ3v) is 11.0. The van der Waals surface area contributed by atoms with Gasteiger partial charge in [0.2, 0.25) is 0 Å². The second-order valence-electron chi connectivity index (χ2n) is 13.5. The van der Waals surface area contributed by atoms with E-state index in [1.807, 2.05) is 5.57 Å². The minimum atomic E-state index is -0.127. The monoisotopic (exact) mass is 414 g/mol. The van der Waals surface area contributed by atoms with Crippen LogP contribution in [0.4, 0.5) is 0 Å². The molecule has 0 aliphatic heterocycles. The summed E-state index contributed by atoms with van der Waals surface area (Å²) in [4.78, 5) is 0. The average molecular weight is 415 g/mol. The number of aliphatic hydroxyl groups excluding tert-OH is 1. The summed E-state index contributed by atoms with van der Waals surface area (Å²) in [7, 11) is 0. The maximum absolute atomic E-state index is 11.3. The number of hydrogen-bond acceptors (Lipinski definition) is 1. The minimum absolute atomic E-state index is 0.0393. The highest BCUT2D eigenvalue weighted by atomic mass is 16.3. The van der Waals surface area contributed by atoms with Crippen molar-refractivity contribution in [3.8, 4) is 0 Å². The molecule has 4 aliphatic rings. The largest absolute Gasteiger partial charge is 0.392 e. The summed E-state index contributed by atoms with van der Waals surface area (Å²) in [6.45, 7) is 17.4. The Morgan fingerprint density at radius 3 is 2.33 bits per heavy atom. The molecule has 30 heavy (non-hydrogen) atoms. The molecule has 0 saturated heterocycles. The van der Waals surface area contributed by atoms with Crippen LogP contribution in [0.2, 0.25) is 0 Å². The zero-order valence-electron chi connectivity index (χ0n) is 21.2. The molecule has 0 aromatic carbocycles. The van der Waals surface area contributed by atoms with Crippen LogP contribution in [0.5, 0.6) is 0 Å². The summed E-state index contributed by atoms with van der Waals surface area (Å²) in [6.07, 6.45) is 14.4. The van der Waals surface area contributed by atoms with E-state index < -0.39 is 0 Å². The van der Waals surface area contributed by atoms with Crippen LogP contribution in [0.1, 0.15) is 119 Å². The van der Waals surface area contributed by atoms with Gasteiger partial charge in [-0.1, -0.05) is 78.9 Å². The molecule has 1 heteroatoms. The molecule has 0 amide bonds. The van der Waals surface area contributed by atoms with Crippen molar-refractivity contribution < 1.29 is 5.11 Å². The SMILES string of the molecule is CC(C)CCC[C@@H](C)[C@H]1CC[C@H]2C3=C(CC[C@]12C)[C@@]1(C)C(O)CCC(C)(C)C1CC3. The lowest BCUT2D eigenvalue weighted by Crippen LogP contribution is -2.55. The van der Waals surface area contributed by atoms with E-state index in [9.17, 15) is 5.11 Å². The molecule has 7 atom stereocenters. The van der Waals surface area contributed by atoms with Crippen LogP contribution in [0.25, 0.3) is 0 Å². The lowest BCUT2D eigenvalue weighted by molar-refractivity contribution is -0.0924. The molecule has 0 heterocycles. The van der Waals surface area contributed by atoms with Gasteiger partial charge in [0.05, 0.1) is 6.10 Å². The van der Waals surface area contributed by atoms with Gasteiger partial charge in [-0.2, -0.15) is 0 Å². The Labute approximate surface area is 187 Å². The summed E-state index contributed by atoms with van der Waals surface area (Å²) in [5.41, 5.74) is 4.48. The van der Waals surface area contributed by atoms with Gasteiger partial charge in [0.1, 0.15) is 0 Å². The molecule has 0 radical (unpaired) electrons. The van der Waals surface area contributed by atoms with Crippen LogP contribution in [-0.2, 0) is 0 Å². The van der Waals surface area contributed by atoms with Crippen LogP contribution in [-0.4, -0.2) is 11.2 Å². The third kappa shape index (κ3) is 3.45. The molecule has 0 aromatic heterocycles. The fourth-order valence-electron chi connectivity index (χ4n) is 9.31. The van der Waals surface area contributed by atoms with Gasteiger partial charge in [-0.05, 0) is 91.8 Å². The van der Waals surface area contributed by atoms with E-state index in [0.717, 1.165) is 30.1 Å². The Hall–Kier alpha value is -0.300. The van der Waals surface area contributed by atoms with Crippen molar-refractivity contribution in [2.24, 2.45) is 45.8 Å². The van der Waals surface area contributed by atoms with E-state index >= 15 is 0 Å². The number of fused-ring (bicyclic) bond motifs is 4. The van der Waals surface area contributed by atoms with E-state index in [1.165, 1.54) is 64.2 Å². The first kappa shape index (κ1) is 22.9. The van der Waals surface area contributed by atoms with Crippen LogP contribution < -0.4 is 0 Å². The number of allylic oxidation sites excluding steroid dienone is 1. The van der Waals surface area contributed by atoms with Gasteiger partial charge in [-0.15, -0.1) is 0 Å². The Morgan fingerprint density at radius 2 is 1.63 bits per heavy atom. The van der Waals surface area contributed by atoms with Crippen LogP contribution in [0.3, 0.4) is 0 Å². The number of aliphatic hydroxyl groups is 1. The number of rotatable bonds is 5. The van der Waals surface area contributed by atoms with Gasteiger partial charge in [-0.3, -0.25) is 0 Å². The van der Waals surface area contributed by atoms with Crippen LogP contribution >= 0.6 is 0 Å². The molecule has 1 N–H and O–H groups in total. The second kappa shape index (κ2) is 7.93. The smallest absolute Gasteiger partial charge is 0.0634 e. The van der Waals surface area contributed by atoms with E-state index in [4.69, 9.17) is 0 Å². The molecule has 172 valence electrons. The molecule has 0 bridgehead atoms. The lowest BCUT2D eigenvalue weighted by Gasteiger charge is -2.60. The highest BCUT2D eigenvalue weighted by Gasteiger charge is 2.59. The van der Waals surface area contributed by atoms with Crippen molar-refractivity contribution in [3.63, 3.8) is 0 Å². The third-order valence-electron chi connectivity index (χ3n) is 11.0. The fraction of sp³-hybridized carbons (Fsp3) is 0.931. The van der Waals surface area contributed by atoms with Crippen molar-refractivity contribution in [3.05, 3.63) is 11.1 Å². The molecule has 0 spiro atoms. The topological polar surface area (TPSA) is 20.2 Å². The zero-order valence-corrected chi connectivity index (χ0v) is 21.2. The highest BCUT2D eigenvalue weighted by Crippen LogP contribution is 2.68. The first-order valence-corrected chi connectivity index (χ1v) is 13.4. The first-order valence-electron chi connectivity index (χ1n) is 13.4. The van der Waals surface area contributed by atoms with Crippen molar-refractivity contribution in [2.45, 2.75) is 125 Å². The summed E-state index contributed by atoms with van der Waals surface area (Å²) in [5, 5.41) is 11.3. The first-order chi connectivity index (χ1) is 14.0. The molecule has 2 fully saturated rings. The van der Waals surface area contributed by atoms with E-state index in [0.29, 0.717) is 16.7 Å². The Morgan fingerprint density at radius 1 is 0.900 bits per heavy atom. The summed E-state index contributed by atoms with van der Waals surface area (Å²) < 4.78 is 0. The van der Waals surface area contributed by atoms with Crippen molar-refractivity contribution in [1.29, 1.82) is 0 Å². The maximum atomic E-state index is 11.3. The van der Waals surface area contributed by atoms with Crippen LogP contribution in [0, 0.1) is 45.8 Å². The van der Waals surface area contributed by atoms with Gasteiger partial charge in [-0.25, -0.2) is 0 Å². The van der Waals surface area contributed by atoms with Crippen molar-refractivity contribution >= 4 is 0 Å². The van der Waals surface area contributed by atoms with Crippen molar-refractivity contribution in [2.75, 3.05) is 0 Å². The van der Waals surface area contributed by atoms with Gasteiger partial charge >= 0.3 is 0 Å². The van der Waals surface area contributed by atoms with Gasteiger partial charge in [0.25, 0.3) is 0 Å². The molecule has 0 aromatic rings. The van der Waals surface area contributed by atoms with Crippen LogP contribution in [0.15, 0.2) is 11.1 Å². The quantitative estimate of drug-likeness (QED) is 0.450. The number of hydrogen-bond donors (Lipinski definition) is 1. The van der Waals surface area contributed by atoms with E-state index in [1.54, 1.807) is 5.57 Å². The zero-order chi connectivity index (χ0) is 21.9. The molecular weight excluding hydrogens is 364 g/mol. The summed E-state index contributed by atoms with van der Waals surface area (Å²) in [6, 6.07) is 0. The molecular formula is C29H50O. The summed E-state index contributed by atoms with van der Waals surface area (Å²) in [5.74, 6) is 4.07. The van der Waals surface area contributed by atoms with Gasteiger partial charge in [0.15, 0.2) is 0 Å². The minimum Gasteiger partial charge on any atom is -0.392 e. The highest BCUT2D eigenvalue weighted by molar-refractivity contribution is 5.36. The van der Waals surface area contributed by atoms with Gasteiger partial charge < -0.3 is 5.11 Å². The summed E-state index contributed by atoms with van der Waals surface area (Å²) >= 11 is 0. The molecule has 4 rings (SSSR count). The molecule has 2 unspecified atom stereocenters. The van der Waals surface area contributed by atoms with E-state index in [2.05, 4.69) is 48.5 Å². The maximum Gasteiger partial charge on any atom is 0.0634 e. The Balaban J connectivity index is 1.59. The standard InChI is InChI=1S/C29H50O/c1-19(2)9-8-10-20(3)22-12-13-23-21-11-14-25-27(4,5)17-16-26(30)29(25,7)24(21)15-18-28(22,23)6/h19-20,22-23,25-26,30H,8-18H2,1-7H3/t20-,22-,23+,25?,26?,28-,29-/m1/s1. The lowest BCUT2D eigenvalue weighted by atomic mass is 9.45.